The molecular weight excluding hydrogens is 283 g/mol. The third-order valence-corrected chi connectivity index (χ3v) is 2.51. The molecule has 0 saturated carbocycles. The molecule has 84 valence electrons. The third-order valence-electron chi connectivity index (χ3n) is 1.51. The summed E-state index contributed by atoms with van der Waals surface area (Å²) in [5.41, 5.74) is 0. The van der Waals surface area contributed by atoms with E-state index in [1.54, 1.807) is 0 Å². The van der Waals surface area contributed by atoms with Crippen molar-refractivity contribution in [1.82, 2.24) is 0 Å². The predicted molar refractivity (Wildman–Crippen MR) is 54.1 cm³/mol. The molecule has 0 saturated heterocycles. The van der Waals surface area contributed by atoms with Gasteiger partial charge in [-0.2, -0.15) is 0 Å². The minimum atomic E-state index is -3.37. The lowest BCUT2D eigenvalue weighted by molar-refractivity contribution is -0.00537. The first-order valence-corrected chi connectivity index (χ1v) is 5.18. The molecule has 0 nitrogen and oxygen atoms in total. The average Bonchev–Trinajstić information content (AvgIpc) is 2.01. The first-order chi connectivity index (χ1) is 6.18. The number of hydrogen-bond donors (Lipinski definition) is 0. The Labute approximate surface area is 99.9 Å². The molecule has 0 aromatic heterocycles. The van der Waals surface area contributed by atoms with Crippen molar-refractivity contribution in [3.8, 4) is 0 Å². The maximum atomic E-state index is 12.9. The summed E-state index contributed by atoms with van der Waals surface area (Å²) >= 11 is 20.2. The molecule has 14 heavy (non-hydrogen) atoms. The molecule has 7 heteroatoms. The molecule has 0 N–H and O–H groups in total. The molecule has 0 aliphatic rings. The minimum absolute atomic E-state index is 0.658. The SMILES string of the molecule is CC(CC(F)(F)C(Cl)Cl)C(F)=C(Cl)Cl. The fraction of sp³-hybridized carbons (Fsp3) is 0.714. The quantitative estimate of drug-likeness (QED) is 0.634. The Bertz CT molecular complexity index is 223. The molecule has 1 atom stereocenters. The Hall–Kier alpha value is 0.690. The van der Waals surface area contributed by atoms with Crippen molar-refractivity contribution in [2.75, 3.05) is 0 Å². The van der Waals surface area contributed by atoms with Gasteiger partial charge in [0.25, 0.3) is 5.92 Å². The molecule has 0 radical (unpaired) electrons. The Kier molecular flexibility index (Phi) is 5.97. The maximum Gasteiger partial charge on any atom is 0.278 e. The highest BCUT2D eigenvalue weighted by Crippen LogP contribution is 2.36. The Morgan fingerprint density at radius 3 is 2.00 bits per heavy atom. The van der Waals surface area contributed by atoms with Gasteiger partial charge < -0.3 is 0 Å². The van der Waals surface area contributed by atoms with Crippen LogP contribution in [0, 0.1) is 5.92 Å². The third kappa shape index (κ3) is 4.47. The van der Waals surface area contributed by atoms with Crippen molar-refractivity contribution in [3.63, 3.8) is 0 Å². The number of rotatable bonds is 4. The van der Waals surface area contributed by atoms with Crippen LogP contribution in [-0.4, -0.2) is 10.8 Å². The molecule has 0 aliphatic heterocycles. The van der Waals surface area contributed by atoms with Crippen molar-refractivity contribution in [2.24, 2.45) is 5.92 Å². The van der Waals surface area contributed by atoms with E-state index in [0.29, 0.717) is 0 Å². The van der Waals surface area contributed by atoms with E-state index in [1.807, 2.05) is 0 Å². The van der Waals surface area contributed by atoms with Crippen LogP contribution in [0.3, 0.4) is 0 Å². The van der Waals surface area contributed by atoms with Crippen molar-refractivity contribution < 1.29 is 13.2 Å². The second-order valence-corrected chi connectivity index (χ2v) is 4.82. The van der Waals surface area contributed by atoms with Crippen LogP contribution < -0.4 is 0 Å². The van der Waals surface area contributed by atoms with E-state index in [2.05, 4.69) is 0 Å². The zero-order valence-corrected chi connectivity index (χ0v) is 10.0. The van der Waals surface area contributed by atoms with Gasteiger partial charge in [0.1, 0.15) is 10.3 Å². The fourth-order valence-corrected chi connectivity index (χ4v) is 1.32. The van der Waals surface area contributed by atoms with Gasteiger partial charge in [-0.1, -0.05) is 53.3 Å². The topological polar surface area (TPSA) is 0 Å². The Balaban J connectivity index is 4.48. The van der Waals surface area contributed by atoms with Gasteiger partial charge in [0, 0.05) is 12.3 Å². The standard InChI is InChI=1S/C7H7Cl4F3/c1-3(4(12)5(8)9)2-7(13,14)6(10)11/h3,6H,2H2,1H3. The largest absolute Gasteiger partial charge is 0.278 e. The number of hydrogen-bond acceptors (Lipinski definition) is 0. The summed E-state index contributed by atoms with van der Waals surface area (Å²) in [6, 6.07) is 0. The van der Waals surface area contributed by atoms with Crippen LogP contribution in [0.4, 0.5) is 13.2 Å². The van der Waals surface area contributed by atoms with E-state index in [-0.39, 0.29) is 0 Å². The Morgan fingerprint density at radius 2 is 1.71 bits per heavy atom. The van der Waals surface area contributed by atoms with Crippen LogP contribution in [-0.2, 0) is 0 Å². The van der Waals surface area contributed by atoms with Crippen LogP contribution in [0.5, 0.6) is 0 Å². The smallest absolute Gasteiger partial charge is 0.209 e. The summed E-state index contributed by atoms with van der Waals surface area (Å²) in [4.78, 5) is -1.88. The fourth-order valence-electron chi connectivity index (χ4n) is 0.773. The molecule has 0 aliphatic carbocycles. The summed E-state index contributed by atoms with van der Waals surface area (Å²) in [5, 5.41) is 0. The summed E-state index contributed by atoms with van der Waals surface area (Å²) in [7, 11) is 0. The monoisotopic (exact) mass is 288 g/mol. The molecule has 0 bridgehead atoms. The van der Waals surface area contributed by atoms with Gasteiger partial charge in [-0.3, -0.25) is 0 Å². The lowest BCUT2D eigenvalue weighted by Gasteiger charge is -2.20. The van der Waals surface area contributed by atoms with Crippen LogP contribution in [0.1, 0.15) is 13.3 Å². The molecule has 0 heterocycles. The molecule has 0 spiro atoms. The molecular formula is C7H7Cl4F3. The summed E-state index contributed by atoms with van der Waals surface area (Å²) in [6.07, 6.45) is -0.848. The average molecular weight is 290 g/mol. The van der Waals surface area contributed by atoms with Gasteiger partial charge in [0.15, 0.2) is 4.84 Å². The van der Waals surface area contributed by atoms with Crippen LogP contribution in [0.15, 0.2) is 10.3 Å². The van der Waals surface area contributed by atoms with Crippen LogP contribution in [0.25, 0.3) is 0 Å². The molecule has 0 rings (SSSR count). The normalized spacial score (nSPS) is 14.4. The number of alkyl halides is 4. The summed E-state index contributed by atoms with van der Waals surface area (Å²) < 4.78 is 38.0. The second kappa shape index (κ2) is 5.69. The first-order valence-electron chi connectivity index (χ1n) is 3.55. The molecule has 0 amide bonds. The van der Waals surface area contributed by atoms with Crippen molar-refractivity contribution >= 4 is 46.4 Å². The van der Waals surface area contributed by atoms with E-state index in [9.17, 15) is 13.2 Å². The van der Waals surface area contributed by atoms with Crippen molar-refractivity contribution in [1.29, 1.82) is 0 Å². The van der Waals surface area contributed by atoms with Gasteiger partial charge >= 0.3 is 0 Å². The van der Waals surface area contributed by atoms with Gasteiger partial charge in [0.2, 0.25) is 0 Å². The second-order valence-electron chi connectivity index (χ2n) is 2.78. The van der Waals surface area contributed by atoms with Crippen molar-refractivity contribution in [3.05, 3.63) is 10.3 Å². The molecule has 1 unspecified atom stereocenters. The maximum absolute atomic E-state index is 12.9. The summed E-state index contributed by atoms with van der Waals surface area (Å²) in [5.74, 6) is -5.50. The lowest BCUT2D eigenvalue weighted by atomic mass is 10.0. The van der Waals surface area contributed by atoms with Gasteiger partial charge in [-0.25, -0.2) is 13.2 Å². The van der Waals surface area contributed by atoms with Gasteiger partial charge in [-0.15, -0.1) is 0 Å². The highest BCUT2D eigenvalue weighted by Gasteiger charge is 2.39. The van der Waals surface area contributed by atoms with Crippen molar-refractivity contribution in [2.45, 2.75) is 24.1 Å². The highest BCUT2D eigenvalue weighted by molar-refractivity contribution is 6.56. The Morgan fingerprint density at radius 1 is 1.29 bits per heavy atom. The highest BCUT2D eigenvalue weighted by atomic mass is 35.5. The van der Waals surface area contributed by atoms with E-state index in [1.165, 1.54) is 6.92 Å². The van der Waals surface area contributed by atoms with E-state index >= 15 is 0 Å². The number of halogens is 7. The van der Waals surface area contributed by atoms with E-state index in [4.69, 9.17) is 46.4 Å². The zero-order valence-electron chi connectivity index (χ0n) is 7.01. The predicted octanol–water partition coefficient (Wildman–Crippen LogP) is 5.07. The van der Waals surface area contributed by atoms with Gasteiger partial charge in [0.05, 0.1) is 0 Å². The number of allylic oxidation sites excluding steroid dienone is 1. The molecule has 0 fully saturated rings. The molecule has 0 aromatic rings. The zero-order chi connectivity index (χ0) is 11.5. The molecule has 0 aromatic carbocycles. The lowest BCUT2D eigenvalue weighted by Crippen LogP contribution is -2.27. The van der Waals surface area contributed by atoms with Crippen LogP contribution >= 0.6 is 46.4 Å². The summed E-state index contributed by atoms with van der Waals surface area (Å²) in [6.45, 7) is 1.21. The minimum Gasteiger partial charge on any atom is -0.209 e. The van der Waals surface area contributed by atoms with E-state index < -0.39 is 33.4 Å². The van der Waals surface area contributed by atoms with Crippen LogP contribution in [0.2, 0.25) is 0 Å². The first kappa shape index (κ1) is 14.7. The van der Waals surface area contributed by atoms with E-state index in [0.717, 1.165) is 0 Å². The van der Waals surface area contributed by atoms with Gasteiger partial charge in [-0.05, 0) is 0 Å².